The Kier molecular flexibility index (Phi) is 3.48. The second kappa shape index (κ2) is 5.24. The minimum Gasteiger partial charge on any atom is -0.378 e. The predicted octanol–water partition coefficient (Wildman–Crippen LogP) is 1.68. The third-order valence-electron chi connectivity index (χ3n) is 3.95. The number of rotatable bonds is 2. The van der Waals surface area contributed by atoms with Crippen molar-refractivity contribution in [3.8, 4) is 0 Å². The van der Waals surface area contributed by atoms with Crippen LogP contribution in [0.15, 0.2) is 18.2 Å². The topological polar surface area (TPSA) is 28.6 Å². The Hall–Kier alpha value is -1.13. The van der Waals surface area contributed by atoms with Crippen LogP contribution in [0.2, 0.25) is 0 Å². The molecule has 1 aromatic heterocycles. The van der Waals surface area contributed by atoms with Gasteiger partial charge in [0.2, 0.25) is 0 Å². The van der Waals surface area contributed by atoms with Crippen LogP contribution in [0.25, 0.3) is 0 Å². The number of ether oxygens (including phenoxy) is 1. The van der Waals surface area contributed by atoms with E-state index in [0.29, 0.717) is 6.04 Å². The van der Waals surface area contributed by atoms with Gasteiger partial charge in [0.1, 0.15) is 5.82 Å². The first-order valence-corrected chi connectivity index (χ1v) is 6.84. The molecule has 0 unspecified atom stereocenters. The minimum atomic E-state index is 0.506. The quantitative estimate of drug-likeness (QED) is 0.795. The molecular weight excluding hydrogens is 226 g/mol. The summed E-state index contributed by atoms with van der Waals surface area (Å²) in [4.78, 5) is 9.59. The van der Waals surface area contributed by atoms with Gasteiger partial charge in [0.25, 0.3) is 0 Å². The standard InChI is InChI=1S/C14H21N3O/c1-16-7-3-5-13(16)12-4-2-6-14(15-12)17-8-10-18-11-9-17/h2,4,6,13H,3,5,7-11H2,1H3/t13-/m1/s1. The van der Waals surface area contributed by atoms with E-state index in [1.54, 1.807) is 0 Å². The number of aromatic nitrogens is 1. The summed E-state index contributed by atoms with van der Waals surface area (Å²) in [5, 5.41) is 0. The SMILES string of the molecule is CN1CCC[C@@H]1c1cccc(N2CCOCC2)n1. The molecule has 0 aliphatic carbocycles. The highest BCUT2D eigenvalue weighted by Crippen LogP contribution is 2.30. The lowest BCUT2D eigenvalue weighted by Gasteiger charge is -2.29. The van der Waals surface area contributed by atoms with Crippen molar-refractivity contribution in [3.05, 3.63) is 23.9 Å². The number of likely N-dealkylation sites (tertiary alicyclic amines) is 1. The molecule has 0 radical (unpaired) electrons. The van der Waals surface area contributed by atoms with Crippen LogP contribution in [0.3, 0.4) is 0 Å². The molecule has 4 heteroatoms. The molecule has 98 valence electrons. The summed E-state index contributed by atoms with van der Waals surface area (Å²) in [6.07, 6.45) is 2.51. The number of anilines is 1. The molecule has 2 saturated heterocycles. The molecule has 0 N–H and O–H groups in total. The molecule has 2 aliphatic heterocycles. The first-order valence-electron chi connectivity index (χ1n) is 6.84. The summed E-state index contributed by atoms with van der Waals surface area (Å²) in [7, 11) is 2.20. The van der Waals surface area contributed by atoms with E-state index >= 15 is 0 Å². The number of hydrogen-bond donors (Lipinski definition) is 0. The summed E-state index contributed by atoms with van der Waals surface area (Å²) in [6, 6.07) is 6.92. The highest BCUT2D eigenvalue weighted by molar-refractivity contribution is 5.40. The van der Waals surface area contributed by atoms with Crippen molar-refractivity contribution in [1.82, 2.24) is 9.88 Å². The van der Waals surface area contributed by atoms with E-state index in [1.165, 1.54) is 25.1 Å². The van der Waals surface area contributed by atoms with Crippen LogP contribution in [-0.4, -0.2) is 49.8 Å². The monoisotopic (exact) mass is 247 g/mol. The molecule has 1 atom stereocenters. The van der Waals surface area contributed by atoms with E-state index in [9.17, 15) is 0 Å². The first-order chi connectivity index (χ1) is 8.84. The van der Waals surface area contributed by atoms with Gasteiger partial charge in [-0.3, -0.25) is 4.90 Å². The van der Waals surface area contributed by atoms with Crippen molar-refractivity contribution in [2.24, 2.45) is 0 Å². The Labute approximate surface area is 109 Å². The van der Waals surface area contributed by atoms with Gasteiger partial charge in [-0.05, 0) is 38.6 Å². The first kappa shape index (κ1) is 11.9. The van der Waals surface area contributed by atoms with Crippen LogP contribution in [0, 0.1) is 0 Å². The molecule has 0 saturated carbocycles. The van der Waals surface area contributed by atoms with Gasteiger partial charge in [-0.15, -0.1) is 0 Å². The maximum Gasteiger partial charge on any atom is 0.129 e. The van der Waals surface area contributed by atoms with Gasteiger partial charge in [0, 0.05) is 13.1 Å². The second-order valence-corrected chi connectivity index (χ2v) is 5.16. The Bertz CT molecular complexity index is 404. The summed E-state index contributed by atoms with van der Waals surface area (Å²) < 4.78 is 5.39. The zero-order valence-corrected chi connectivity index (χ0v) is 11.0. The third-order valence-corrected chi connectivity index (χ3v) is 3.95. The summed E-state index contributed by atoms with van der Waals surface area (Å²) in [5.41, 5.74) is 1.22. The second-order valence-electron chi connectivity index (χ2n) is 5.16. The maximum absolute atomic E-state index is 5.39. The van der Waals surface area contributed by atoms with Crippen LogP contribution < -0.4 is 4.90 Å². The van der Waals surface area contributed by atoms with Gasteiger partial charge in [-0.2, -0.15) is 0 Å². The molecule has 2 aliphatic rings. The number of hydrogen-bond acceptors (Lipinski definition) is 4. The predicted molar refractivity (Wildman–Crippen MR) is 71.9 cm³/mol. The fraction of sp³-hybridized carbons (Fsp3) is 0.643. The summed E-state index contributed by atoms with van der Waals surface area (Å²) in [6.45, 7) is 4.73. The normalized spacial score (nSPS) is 25.6. The molecule has 3 heterocycles. The molecule has 1 aromatic rings. The molecule has 4 nitrogen and oxygen atoms in total. The average Bonchev–Trinajstić information content (AvgIpc) is 2.86. The number of morpholine rings is 1. The van der Waals surface area contributed by atoms with Crippen LogP contribution in [-0.2, 0) is 4.74 Å². The largest absolute Gasteiger partial charge is 0.378 e. The molecule has 0 amide bonds. The lowest BCUT2D eigenvalue weighted by Crippen LogP contribution is -2.37. The van der Waals surface area contributed by atoms with Crippen LogP contribution in [0.1, 0.15) is 24.6 Å². The fourth-order valence-electron chi connectivity index (χ4n) is 2.88. The molecule has 3 rings (SSSR count). The van der Waals surface area contributed by atoms with Crippen molar-refractivity contribution in [2.75, 3.05) is 44.8 Å². The van der Waals surface area contributed by atoms with E-state index in [1.807, 2.05) is 0 Å². The molecule has 2 fully saturated rings. The summed E-state index contributed by atoms with van der Waals surface area (Å²) in [5.74, 6) is 1.11. The number of nitrogens with zero attached hydrogens (tertiary/aromatic N) is 3. The van der Waals surface area contributed by atoms with Gasteiger partial charge in [0.15, 0.2) is 0 Å². The molecule has 18 heavy (non-hydrogen) atoms. The van der Waals surface area contributed by atoms with Crippen molar-refractivity contribution < 1.29 is 4.74 Å². The average molecular weight is 247 g/mol. The van der Waals surface area contributed by atoms with Gasteiger partial charge in [0.05, 0.1) is 24.9 Å². The molecular formula is C14H21N3O. The van der Waals surface area contributed by atoms with Crippen LogP contribution in [0.4, 0.5) is 5.82 Å². The third kappa shape index (κ3) is 2.35. The smallest absolute Gasteiger partial charge is 0.129 e. The van der Waals surface area contributed by atoms with Crippen LogP contribution >= 0.6 is 0 Å². The zero-order valence-electron chi connectivity index (χ0n) is 11.0. The van der Waals surface area contributed by atoms with E-state index in [2.05, 4.69) is 35.0 Å². The lowest BCUT2D eigenvalue weighted by molar-refractivity contribution is 0.122. The van der Waals surface area contributed by atoms with E-state index in [-0.39, 0.29) is 0 Å². The number of pyridine rings is 1. The molecule has 0 bridgehead atoms. The highest BCUT2D eigenvalue weighted by atomic mass is 16.5. The van der Waals surface area contributed by atoms with Crippen molar-refractivity contribution in [1.29, 1.82) is 0 Å². The Morgan fingerprint density at radius 3 is 2.78 bits per heavy atom. The lowest BCUT2D eigenvalue weighted by atomic mass is 10.1. The Morgan fingerprint density at radius 1 is 1.22 bits per heavy atom. The van der Waals surface area contributed by atoms with Crippen molar-refractivity contribution in [3.63, 3.8) is 0 Å². The van der Waals surface area contributed by atoms with Gasteiger partial charge >= 0.3 is 0 Å². The van der Waals surface area contributed by atoms with Gasteiger partial charge < -0.3 is 9.64 Å². The zero-order chi connectivity index (χ0) is 12.4. The fourth-order valence-corrected chi connectivity index (χ4v) is 2.88. The maximum atomic E-state index is 5.39. The molecule has 0 spiro atoms. The van der Waals surface area contributed by atoms with Crippen molar-refractivity contribution >= 4 is 5.82 Å². The summed E-state index contributed by atoms with van der Waals surface area (Å²) >= 11 is 0. The Morgan fingerprint density at radius 2 is 2.06 bits per heavy atom. The van der Waals surface area contributed by atoms with E-state index in [0.717, 1.165) is 32.1 Å². The Balaban J connectivity index is 1.79. The van der Waals surface area contributed by atoms with Crippen LogP contribution in [0.5, 0.6) is 0 Å². The minimum absolute atomic E-state index is 0.506. The van der Waals surface area contributed by atoms with Crippen molar-refractivity contribution in [2.45, 2.75) is 18.9 Å². The molecule has 0 aromatic carbocycles. The van der Waals surface area contributed by atoms with Gasteiger partial charge in [-0.25, -0.2) is 4.98 Å². The van der Waals surface area contributed by atoms with Gasteiger partial charge in [-0.1, -0.05) is 6.07 Å². The highest BCUT2D eigenvalue weighted by Gasteiger charge is 2.24. The van der Waals surface area contributed by atoms with E-state index < -0.39 is 0 Å². The van der Waals surface area contributed by atoms with E-state index in [4.69, 9.17) is 9.72 Å².